The van der Waals surface area contributed by atoms with Crippen molar-refractivity contribution in [2.24, 2.45) is 0 Å². The Morgan fingerprint density at radius 2 is 1.94 bits per heavy atom. The van der Waals surface area contributed by atoms with Gasteiger partial charge in [0.15, 0.2) is 6.29 Å². The molecule has 1 fully saturated rings. The van der Waals surface area contributed by atoms with Gasteiger partial charge in [0, 0.05) is 32.9 Å². The summed E-state index contributed by atoms with van der Waals surface area (Å²) in [7, 11) is 2.10. The van der Waals surface area contributed by atoms with Gasteiger partial charge >= 0.3 is 0 Å². The molecule has 0 saturated carbocycles. The fourth-order valence-electron chi connectivity index (χ4n) is 2.15. The smallest absolute Gasteiger partial charge is 0.170 e. The summed E-state index contributed by atoms with van der Waals surface area (Å²) in [5, 5.41) is 0. The lowest BCUT2D eigenvalue weighted by Gasteiger charge is -2.29. The normalized spacial score (nSPS) is 21.4. The van der Waals surface area contributed by atoms with Crippen molar-refractivity contribution >= 4 is 0 Å². The molecule has 0 bridgehead atoms. The standard InChI is InChI=1S/C13H27NO3/c1-4-15-13(16-5-2)11-14(3)10-12-8-6-7-9-17-12/h12-13H,4-11H2,1-3H3. The lowest BCUT2D eigenvalue weighted by molar-refractivity contribution is -0.148. The summed E-state index contributed by atoms with van der Waals surface area (Å²) in [6.45, 7) is 8.07. The zero-order chi connectivity index (χ0) is 12.5. The Morgan fingerprint density at radius 1 is 1.24 bits per heavy atom. The Morgan fingerprint density at radius 3 is 2.47 bits per heavy atom. The van der Waals surface area contributed by atoms with E-state index < -0.39 is 0 Å². The molecule has 1 heterocycles. The van der Waals surface area contributed by atoms with Crippen LogP contribution in [-0.4, -0.2) is 57.3 Å². The van der Waals surface area contributed by atoms with Crippen molar-refractivity contribution in [3.63, 3.8) is 0 Å². The molecule has 1 atom stereocenters. The van der Waals surface area contributed by atoms with Crippen LogP contribution in [0.3, 0.4) is 0 Å². The van der Waals surface area contributed by atoms with E-state index >= 15 is 0 Å². The van der Waals surface area contributed by atoms with Gasteiger partial charge in [0.2, 0.25) is 0 Å². The zero-order valence-electron chi connectivity index (χ0n) is 11.5. The summed E-state index contributed by atoms with van der Waals surface area (Å²) in [4.78, 5) is 2.24. The summed E-state index contributed by atoms with van der Waals surface area (Å²) in [5.41, 5.74) is 0. The van der Waals surface area contributed by atoms with Gasteiger partial charge < -0.3 is 14.2 Å². The number of nitrogens with zero attached hydrogens (tertiary/aromatic N) is 1. The van der Waals surface area contributed by atoms with Gasteiger partial charge in [0.25, 0.3) is 0 Å². The molecular formula is C13H27NO3. The second kappa shape index (κ2) is 8.86. The molecule has 1 unspecified atom stereocenters. The molecule has 1 rings (SSSR count). The van der Waals surface area contributed by atoms with Crippen LogP contribution in [0.5, 0.6) is 0 Å². The van der Waals surface area contributed by atoms with E-state index in [-0.39, 0.29) is 6.29 Å². The minimum Gasteiger partial charge on any atom is -0.377 e. The molecule has 17 heavy (non-hydrogen) atoms. The van der Waals surface area contributed by atoms with Gasteiger partial charge in [0.05, 0.1) is 6.10 Å². The van der Waals surface area contributed by atoms with Gasteiger partial charge in [-0.2, -0.15) is 0 Å². The predicted octanol–water partition coefficient (Wildman–Crippen LogP) is 1.89. The van der Waals surface area contributed by atoms with Crippen LogP contribution < -0.4 is 0 Å². The van der Waals surface area contributed by atoms with Gasteiger partial charge in [-0.15, -0.1) is 0 Å². The molecule has 0 amide bonds. The van der Waals surface area contributed by atoms with Crippen molar-refractivity contribution in [3.8, 4) is 0 Å². The number of likely N-dealkylation sites (N-methyl/N-ethyl adjacent to an activating group) is 1. The SMILES string of the molecule is CCOC(CN(C)CC1CCCCO1)OCC. The maximum Gasteiger partial charge on any atom is 0.170 e. The predicted molar refractivity (Wildman–Crippen MR) is 68.1 cm³/mol. The van der Waals surface area contributed by atoms with Crippen molar-refractivity contribution in [3.05, 3.63) is 0 Å². The number of hydrogen-bond donors (Lipinski definition) is 0. The van der Waals surface area contributed by atoms with E-state index in [0.717, 1.165) is 19.7 Å². The number of ether oxygens (including phenoxy) is 3. The van der Waals surface area contributed by atoms with Crippen molar-refractivity contribution < 1.29 is 14.2 Å². The highest BCUT2D eigenvalue weighted by atomic mass is 16.7. The molecule has 1 aliphatic rings. The molecule has 1 aliphatic heterocycles. The van der Waals surface area contributed by atoms with E-state index in [2.05, 4.69) is 11.9 Å². The molecule has 0 radical (unpaired) electrons. The highest BCUT2D eigenvalue weighted by molar-refractivity contribution is 4.68. The number of hydrogen-bond acceptors (Lipinski definition) is 4. The second-order valence-electron chi connectivity index (χ2n) is 4.55. The second-order valence-corrected chi connectivity index (χ2v) is 4.55. The Hall–Kier alpha value is -0.160. The van der Waals surface area contributed by atoms with E-state index in [1.54, 1.807) is 0 Å². The highest BCUT2D eigenvalue weighted by Gasteiger charge is 2.18. The van der Waals surface area contributed by atoms with Crippen LogP contribution in [0.4, 0.5) is 0 Å². The lowest BCUT2D eigenvalue weighted by atomic mass is 10.1. The third-order valence-electron chi connectivity index (χ3n) is 2.96. The van der Waals surface area contributed by atoms with Crippen molar-refractivity contribution in [2.75, 3.05) is 40.0 Å². The zero-order valence-corrected chi connectivity index (χ0v) is 11.5. The van der Waals surface area contributed by atoms with Crippen LogP contribution in [0.15, 0.2) is 0 Å². The molecule has 0 aromatic rings. The maximum atomic E-state index is 5.73. The van der Waals surface area contributed by atoms with Crippen molar-refractivity contribution in [2.45, 2.75) is 45.5 Å². The van der Waals surface area contributed by atoms with Gasteiger partial charge in [-0.25, -0.2) is 0 Å². The van der Waals surface area contributed by atoms with Crippen molar-refractivity contribution in [1.82, 2.24) is 4.90 Å². The highest BCUT2D eigenvalue weighted by Crippen LogP contribution is 2.13. The van der Waals surface area contributed by atoms with E-state index in [1.165, 1.54) is 19.3 Å². The molecule has 1 saturated heterocycles. The van der Waals surface area contributed by atoms with Crippen molar-refractivity contribution in [1.29, 1.82) is 0 Å². The van der Waals surface area contributed by atoms with Gasteiger partial charge in [-0.1, -0.05) is 0 Å². The fourth-order valence-corrected chi connectivity index (χ4v) is 2.15. The first-order valence-electron chi connectivity index (χ1n) is 6.79. The first kappa shape index (κ1) is 14.9. The first-order valence-corrected chi connectivity index (χ1v) is 6.79. The molecule has 4 nitrogen and oxygen atoms in total. The minimum atomic E-state index is -0.112. The average Bonchev–Trinajstić information content (AvgIpc) is 2.30. The Balaban J connectivity index is 2.22. The van der Waals surface area contributed by atoms with E-state index in [4.69, 9.17) is 14.2 Å². The minimum absolute atomic E-state index is 0.112. The van der Waals surface area contributed by atoms with Crippen LogP contribution >= 0.6 is 0 Å². The van der Waals surface area contributed by atoms with Crippen LogP contribution in [0.2, 0.25) is 0 Å². The Kier molecular flexibility index (Phi) is 7.77. The maximum absolute atomic E-state index is 5.73. The summed E-state index contributed by atoms with van der Waals surface area (Å²) < 4.78 is 16.8. The van der Waals surface area contributed by atoms with E-state index in [0.29, 0.717) is 19.3 Å². The molecule has 4 heteroatoms. The van der Waals surface area contributed by atoms with E-state index in [1.807, 2.05) is 13.8 Å². The Bertz CT molecular complexity index is 178. The Labute approximate surface area is 105 Å². The third-order valence-corrected chi connectivity index (χ3v) is 2.96. The van der Waals surface area contributed by atoms with Gasteiger partial charge in [0.1, 0.15) is 0 Å². The lowest BCUT2D eigenvalue weighted by Crippen LogP contribution is -2.39. The third kappa shape index (κ3) is 6.36. The summed E-state index contributed by atoms with van der Waals surface area (Å²) in [6, 6.07) is 0. The quantitative estimate of drug-likeness (QED) is 0.611. The monoisotopic (exact) mass is 245 g/mol. The molecule has 0 spiro atoms. The number of rotatable bonds is 8. The molecular weight excluding hydrogens is 218 g/mol. The van der Waals surface area contributed by atoms with Crippen LogP contribution in [0, 0.1) is 0 Å². The van der Waals surface area contributed by atoms with Crippen LogP contribution in [0.25, 0.3) is 0 Å². The summed E-state index contributed by atoms with van der Waals surface area (Å²) >= 11 is 0. The van der Waals surface area contributed by atoms with Crippen LogP contribution in [0.1, 0.15) is 33.1 Å². The largest absolute Gasteiger partial charge is 0.377 e. The summed E-state index contributed by atoms with van der Waals surface area (Å²) in [5.74, 6) is 0. The molecule has 0 aliphatic carbocycles. The van der Waals surface area contributed by atoms with Crippen LogP contribution in [-0.2, 0) is 14.2 Å². The van der Waals surface area contributed by atoms with E-state index in [9.17, 15) is 0 Å². The topological polar surface area (TPSA) is 30.9 Å². The first-order chi connectivity index (χ1) is 8.26. The molecule has 0 aromatic carbocycles. The average molecular weight is 245 g/mol. The molecule has 0 aromatic heterocycles. The molecule has 102 valence electrons. The molecule has 0 N–H and O–H groups in total. The van der Waals surface area contributed by atoms with Gasteiger partial charge in [-0.05, 0) is 40.2 Å². The summed E-state index contributed by atoms with van der Waals surface area (Å²) in [6.07, 6.45) is 3.95. The van der Waals surface area contributed by atoms with Gasteiger partial charge in [-0.3, -0.25) is 4.90 Å². The fraction of sp³-hybridized carbons (Fsp3) is 1.00.